The summed E-state index contributed by atoms with van der Waals surface area (Å²) in [5, 5.41) is 3.54. The summed E-state index contributed by atoms with van der Waals surface area (Å²) in [6.07, 6.45) is 7.29. The Morgan fingerprint density at radius 1 is 1.39 bits per heavy atom. The number of hydrogen-bond acceptors (Lipinski definition) is 2. The molecule has 1 aromatic heterocycles. The average Bonchev–Trinajstić information content (AvgIpc) is 2.86. The summed E-state index contributed by atoms with van der Waals surface area (Å²) in [5.74, 6) is 1.15. The van der Waals surface area contributed by atoms with Crippen LogP contribution in [0.2, 0.25) is 0 Å². The fourth-order valence-corrected chi connectivity index (χ4v) is 2.69. The lowest BCUT2D eigenvalue weighted by Gasteiger charge is -2.21. The van der Waals surface area contributed by atoms with Gasteiger partial charge in [0, 0.05) is 37.6 Å². The summed E-state index contributed by atoms with van der Waals surface area (Å²) >= 11 is 0. The molecule has 0 saturated carbocycles. The third-order valence-electron chi connectivity index (χ3n) is 3.65. The summed E-state index contributed by atoms with van der Waals surface area (Å²) < 4.78 is 2.21. The molecule has 3 rings (SSSR count). The van der Waals surface area contributed by atoms with Crippen LogP contribution in [0.1, 0.15) is 30.3 Å². The average molecular weight is 241 g/mol. The van der Waals surface area contributed by atoms with Gasteiger partial charge in [0.2, 0.25) is 0 Å². The van der Waals surface area contributed by atoms with Crippen LogP contribution in [0.25, 0.3) is 0 Å². The van der Waals surface area contributed by atoms with Gasteiger partial charge in [-0.1, -0.05) is 18.2 Å². The molecule has 0 unspecified atom stereocenters. The van der Waals surface area contributed by atoms with Gasteiger partial charge >= 0.3 is 0 Å². The largest absolute Gasteiger partial charge is 0.385 e. The molecule has 0 fully saturated rings. The number of rotatable bonds is 3. The van der Waals surface area contributed by atoms with Crippen molar-refractivity contribution in [3.8, 4) is 0 Å². The van der Waals surface area contributed by atoms with E-state index in [1.54, 1.807) is 0 Å². The van der Waals surface area contributed by atoms with E-state index in [4.69, 9.17) is 0 Å². The molecule has 1 N–H and O–H groups in total. The molecular formula is C15H19N3. The minimum atomic E-state index is 0.914. The molecule has 0 spiro atoms. The molecule has 1 aliphatic heterocycles. The van der Waals surface area contributed by atoms with E-state index in [1.165, 1.54) is 29.7 Å². The predicted octanol–water partition coefficient (Wildman–Crippen LogP) is 2.85. The van der Waals surface area contributed by atoms with Gasteiger partial charge in [-0.25, -0.2) is 4.98 Å². The molecule has 94 valence electrons. The number of benzene rings is 1. The van der Waals surface area contributed by atoms with Crippen LogP contribution in [-0.2, 0) is 19.4 Å². The molecule has 0 amide bonds. The first-order valence-electron chi connectivity index (χ1n) is 6.73. The second kappa shape index (κ2) is 4.84. The smallest absolute Gasteiger partial charge is 0.113 e. The van der Waals surface area contributed by atoms with Gasteiger partial charge in [-0.05, 0) is 30.9 Å². The Hall–Kier alpha value is -1.77. The highest BCUT2D eigenvalue weighted by Gasteiger charge is 2.13. The van der Waals surface area contributed by atoms with Crippen LogP contribution in [0, 0.1) is 0 Å². The Balaban J connectivity index is 1.93. The molecule has 2 aromatic rings. The monoisotopic (exact) mass is 241 g/mol. The van der Waals surface area contributed by atoms with Crippen molar-refractivity contribution in [1.82, 2.24) is 9.55 Å². The molecule has 0 aliphatic carbocycles. The molecule has 0 saturated heterocycles. The number of anilines is 1. The summed E-state index contributed by atoms with van der Waals surface area (Å²) in [4.78, 5) is 4.47. The second-order valence-corrected chi connectivity index (χ2v) is 4.79. The molecule has 1 aromatic carbocycles. The SMILES string of the molecule is CCn1ccnc1Cc1cccc2c1NCCC2. The molecule has 3 heteroatoms. The van der Waals surface area contributed by atoms with E-state index >= 15 is 0 Å². The van der Waals surface area contributed by atoms with Crippen LogP contribution >= 0.6 is 0 Å². The zero-order chi connectivity index (χ0) is 12.4. The molecule has 0 atom stereocenters. The summed E-state index contributed by atoms with van der Waals surface area (Å²) in [7, 11) is 0. The lowest BCUT2D eigenvalue weighted by molar-refractivity contribution is 0.711. The zero-order valence-corrected chi connectivity index (χ0v) is 10.8. The van der Waals surface area contributed by atoms with E-state index in [0.717, 1.165) is 25.3 Å². The van der Waals surface area contributed by atoms with E-state index < -0.39 is 0 Å². The van der Waals surface area contributed by atoms with Crippen molar-refractivity contribution >= 4 is 5.69 Å². The number of nitrogens with one attached hydrogen (secondary N) is 1. The van der Waals surface area contributed by atoms with Crippen molar-refractivity contribution in [3.63, 3.8) is 0 Å². The second-order valence-electron chi connectivity index (χ2n) is 4.79. The zero-order valence-electron chi connectivity index (χ0n) is 10.8. The Bertz CT molecular complexity index is 542. The standard InChI is InChI=1S/C15H19N3/c1-2-18-10-9-16-14(18)11-13-6-3-5-12-7-4-8-17-15(12)13/h3,5-6,9-10,17H,2,4,7-8,11H2,1H3. The summed E-state index contributed by atoms with van der Waals surface area (Å²) in [5.41, 5.74) is 4.16. The van der Waals surface area contributed by atoms with Gasteiger partial charge in [0.05, 0.1) is 0 Å². The van der Waals surface area contributed by atoms with Crippen LogP contribution in [0.15, 0.2) is 30.6 Å². The van der Waals surface area contributed by atoms with Crippen LogP contribution in [0.3, 0.4) is 0 Å². The molecular weight excluding hydrogens is 222 g/mol. The number of hydrogen-bond donors (Lipinski definition) is 1. The Labute approximate surface area is 108 Å². The molecule has 1 aliphatic rings. The van der Waals surface area contributed by atoms with Gasteiger partial charge < -0.3 is 9.88 Å². The molecule has 3 nitrogen and oxygen atoms in total. The molecule has 18 heavy (non-hydrogen) atoms. The third-order valence-corrected chi connectivity index (χ3v) is 3.65. The quantitative estimate of drug-likeness (QED) is 0.895. The first-order valence-corrected chi connectivity index (χ1v) is 6.73. The van der Waals surface area contributed by atoms with Crippen LogP contribution < -0.4 is 5.32 Å². The minimum Gasteiger partial charge on any atom is -0.385 e. The third kappa shape index (κ3) is 2.01. The highest BCUT2D eigenvalue weighted by molar-refractivity contribution is 5.59. The van der Waals surface area contributed by atoms with Crippen LogP contribution in [0.4, 0.5) is 5.69 Å². The minimum absolute atomic E-state index is 0.914. The van der Waals surface area contributed by atoms with E-state index in [-0.39, 0.29) is 0 Å². The molecule has 0 radical (unpaired) electrons. The molecule has 2 heterocycles. The van der Waals surface area contributed by atoms with Crippen molar-refractivity contribution in [1.29, 1.82) is 0 Å². The van der Waals surface area contributed by atoms with Crippen LogP contribution in [0.5, 0.6) is 0 Å². The van der Waals surface area contributed by atoms with Gasteiger partial charge in [0.1, 0.15) is 5.82 Å². The number of aryl methyl sites for hydroxylation is 2. The number of imidazole rings is 1. The lowest BCUT2D eigenvalue weighted by Crippen LogP contribution is -2.14. The van der Waals surface area contributed by atoms with Gasteiger partial charge in [-0.15, -0.1) is 0 Å². The van der Waals surface area contributed by atoms with Gasteiger partial charge in [-0.3, -0.25) is 0 Å². The first-order chi connectivity index (χ1) is 8.88. The Morgan fingerprint density at radius 3 is 3.22 bits per heavy atom. The fraction of sp³-hybridized carbons (Fsp3) is 0.400. The van der Waals surface area contributed by atoms with Crippen molar-refractivity contribution in [3.05, 3.63) is 47.5 Å². The maximum atomic E-state index is 4.47. The Morgan fingerprint density at radius 2 is 2.33 bits per heavy atom. The van der Waals surface area contributed by atoms with E-state index in [0.29, 0.717) is 0 Å². The number of fused-ring (bicyclic) bond motifs is 1. The maximum Gasteiger partial charge on any atom is 0.113 e. The number of para-hydroxylation sites is 1. The predicted molar refractivity (Wildman–Crippen MR) is 74.0 cm³/mol. The van der Waals surface area contributed by atoms with Crippen LogP contribution in [-0.4, -0.2) is 16.1 Å². The number of nitrogens with zero attached hydrogens (tertiary/aromatic N) is 2. The van der Waals surface area contributed by atoms with Crippen molar-refractivity contribution in [2.75, 3.05) is 11.9 Å². The summed E-state index contributed by atoms with van der Waals surface area (Å²) in [6, 6.07) is 6.61. The Kier molecular flexibility index (Phi) is 3.05. The van der Waals surface area contributed by atoms with Crippen molar-refractivity contribution in [2.45, 2.75) is 32.7 Å². The highest BCUT2D eigenvalue weighted by atomic mass is 15.1. The first kappa shape index (κ1) is 11.3. The molecule has 0 bridgehead atoms. The van der Waals surface area contributed by atoms with Gasteiger partial charge in [0.25, 0.3) is 0 Å². The normalized spacial score (nSPS) is 14.1. The van der Waals surface area contributed by atoms with E-state index in [9.17, 15) is 0 Å². The topological polar surface area (TPSA) is 29.9 Å². The van der Waals surface area contributed by atoms with E-state index in [1.807, 2.05) is 6.20 Å². The van der Waals surface area contributed by atoms with E-state index in [2.05, 4.69) is 46.2 Å². The fourth-order valence-electron chi connectivity index (χ4n) is 2.69. The van der Waals surface area contributed by atoms with Gasteiger partial charge in [-0.2, -0.15) is 0 Å². The van der Waals surface area contributed by atoms with Crippen molar-refractivity contribution < 1.29 is 0 Å². The van der Waals surface area contributed by atoms with Crippen molar-refractivity contribution in [2.24, 2.45) is 0 Å². The lowest BCUT2D eigenvalue weighted by atomic mass is 9.98. The highest BCUT2D eigenvalue weighted by Crippen LogP contribution is 2.27. The number of aromatic nitrogens is 2. The summed E-state index contributed by atoms with van der Waals surface area (Å²) in [6.45, 7) is 4.23. The van der Waals surface area contributed by atoms with Gasteiger partial charge in [0.15, 0.2) is 0 Å². The maximum absolute atomic E-state index is 4.47.